The predicted molar refractivity (Wildman–Crippen MR) is 110 cm³/mol. The second-order valence-corrected chi connectivity index (χ2v) is 7.02. The summed E-state index contributed by atoms with van der Waals surface area (Å²) in [5.74, 6) is -0.363. The van der Waals surface area contributed by atoms with Gasteiger partial charge < -0.3 is 5.11 Å². The van der Waals surface area contributed by atoms with Gasteiger partial charge >= 0.3 is 17.1 Å². The number of hydrogen-bond acceptors (Lipinski definition) is 3. The third-order valence-electron chi connectivity index (χ3n) is 3.53. The Morgan fingerprint density at radius 2 is 0.963 bits per heavy atom. The van der Waals surface area contributed by atoms with E-state index in [1.165, 1.54) is 0 Å². The van der Waals surface area contributed by atoms with Gasteiger partial charge in [0.1, 0.15) is 10.0 Å². The van der Waals surface area contributed by atoms with E-state index in [-0.39, 0.29) is 47.9 Å². The van der Waals surface area contributed by atoms with Crippen LogP contribution in [0.5, 0.6) is 5.75 Å². The Kier molecular flexibility index (Phi) is 7.84. The molecule has 3 nitrogen and oxygen atoms in total. The number of rotatable bonds is 0. The maximum Gasteiger partial charge on any atom is 2.00 e. The van der Waals surface area contributed by atoms with Gasteiger partial charge in [-0.15, -0.1) is 0 Å². The van der Waals surface area contributed by atoms with Crippen LogP contribution in [0, 0.1) is 0 Å². The van der Waals surface area contributed by atoms with Crippen LogP contribution >= 0.6 is 58.0 Å². The summed E-state index contributed by atoms with van der Waals surface area (Å²) in [6.07, 6.45) is 3.60. The van der Waals surface area contributed by atoms with Crippen molar-refractivity contribution in [2.24, 2.45) is 0 Å². The fourth-order valence-corrected chi connectivity index (χ4v) is 3.40. The molecule has 0 bridgehead atoms. The molecule has 0 spiro atoms. The molecule has 138 valence electrons. The van der Waals surface area contributed by atoms with Crippen molar-refractivity contribution in [2.45, 2.75) is 0 Å². The summed E-state index contributed by atoms with van der Waals surface area (Å²) in [4.78, 5) is 8.69. The molecule has 0 saturated carbocycles. The minimum Gasteiger partial charge on any atom is -0.505 e. The summed E-state index contributed by atoms with van der Waals surface area (Å²) in [5, 5.41) is 11.3. The van der Waals surface area contributed by atoms with E-state index in [0.717, 1.165) is 21.8 Å². The van der Waals surface area contributed by atoms with Crippen molar-refractivity contribution in [1.29, 1.82) is 0 Å². The van der Waals surface area contributed by atoms with Crippen LogP contribution in [-0.4, -0.2) is 15.1 Å². The second-order valence-electron chi connectivity index (χ2n) is 5.13. The molecule has 2 aromatic carbocycles. The van der Waals surface area contributed by atoms with E-state index in [0.29, 0.717) is 0 Å². The van der Waals surface area contributed by atoms with Gasteiger partial charge in [-0.25, -0.2) is 0 Å². The van der Waals surface area contributed by atoms with Crippen LogP contribution in [0.25, 0.3) is 21.8 Å². The molecule has 9 heteroatoms. The van der Waals surface area contributed by atoms with E-state index in [4.69, 9.17) is 58.0 Å². The summed E-state index contributed by atoms with van der Waals surface area (Å²) in [7, 11) is 0. The number of phenols is 1. The summed E-state index contributed by atoms with van der Waals surface area (Å²) in [5.41, 5.74) is 1.95. The van der Waals surface area contributed by atoms with E-state index in [9.17, 15) is 5.11 Å². The second kappa shape index (κ2) is 9.49. The van der Waals surface area contributed by atoms with Gasteiger partial charge in [0.25, 0.3) is 0 Å². The van der Waals surface area contributed by atoms with Crippen molar-refractivity contribution in [3.63, 3.8) is 0 Å². The van der Waals surface area contributed by atoms with Crippen LogP contribution in [-0.2, 0) is 17.1 Å². The molecule has 0 fully saturated rings. The summed E-state index contributed by atoms with van der Waals surface area (Å²) < 4.78 is 0. The van der Waals surface area contributed by atoms with E-state index in [1.807, 2.05) is 12.1 Å². The average Bonchev–Trinajstić information content (AvgIpc) is 2.70. The molecule has 0 aliphatic heterocycles. The number of pyridine rings is 2. The van der Waals surface area contributed by atoms with E-state index in [1.54, 1.807) is 12.4 Å². The summed E-state index contributed by atoms with van der Waals surface area (Å²) in [6.45, 7) is 0. The minimum atomic E-state index is -0.363. The zero-order valence-electron chi connectivity index (χ0n) is 13.2. The Balaban J connectivity index is 0.000000190. The van der Waals surface area contributed by atoms with Gasteiger partial charge in [0.2, 0.25) is 0 Å². The van der Waals surface area contributed by atoms with Crippen molar-refractivity contribution >= 4 is 79.8 Å². The van der Waals surface area contributed by atoms with Crippen LogP contribution in [0.1, 0.15) is 0 Å². The van der Waals surface area contributed by atoms with Crippen LogP contribution in [0.4, 0.5) is 0 Å². The fraction of sp³-hybridized carbons (Fsp3) is 0. The first-order valence-corrected chi connectivity index (χ1v) is 9.09. The van der Waals surface area contributed by atoms with Crippen molar-refractivity contribution in [3.05, 3.63) is 73.9 Å². The molecular formula is C18H9Cl5FeN2O+2. The Morgan fingerprint density at radius 3 is 1.37 bits per heavy atom. The third kappa shape index (κ3) is 4.55. The number of benzene rings is 2. The van der Waals surface area contributed by atoms with Crippen LogP contribution in [0.3, 0.4) is 0 Å². The smallest absolute Gasteiger partial charge is 0.505 e. The average molecular weight is 502 g/mol. The molecule has 2 aromatic heterocycles. The molecule has 0 atom stereocenters. The van der Waals surface area contributed by atoms with Gasteiger partial charge in [-0.1, -0.05) is 82.3 Å². The van der Waals surface area contributed by atoms with Crippen LogP contribution in [0.2, 0.25) is 25.1 Å². The molecule has 27 heavy (non-hydrogen) atoms. The van der Waals surface area contributed by atoms with Gasteiger partial charge in [0.15, 0.2) is 5.75 Å². The quantitative estimate of drug-likeness (QED) is 0.118. The maximum absolute atomic E-state index is 9.20. The molecule has 0 aliphatic rings. The molecule has 4 aromatic rings. The molecule has 0 radical (unpaired) electrons. The molecule has 0 aliphatic carbocycles. The SMILES string of the molecule is Oc1c(Cl)c(Cl)c(Cl)c(Cl)c1Cl.[Fe+2].c1cnc2c(c1)ccc1cccnc12. The van der Waals surface area contributed by atoms with Gasteiger partial charge in [0.05, 0.1) is 26.1 Å². The Hall–Kier alpha value is -0.971. The maximum atomic E-state index is 9.20. The molecule has 0 saturated heterocycles. The van der Waals surface area contributed by atoms with Crippen LogP contribution < -0.4 is 0 Å². The first-order valence-electron chi connectivity index (χ1n) is 7.20. The topological polar surface area (TPSA) is 46.0 Å². The van der Waals surface area contributed by atoms with Crippen LogP contribution in [0.15, 0.2) is 48.8 Å². The fourth-order valence-electron chi connectivity index (χ4n) is 2.27. The molecule has 1 N–H and O–H groups in total. The Labute approximate surface area is 190 Å². The number of halogens is 5. The molecule has 0 unspecified atom stereocenters. The van der Waals surface area contributed by atoms with Crippen molar-refractivity contribution < 1.29 is 22.2 Å². The molecule has 0 amide bonds. The van der Waals surface area contributed by atoms with Crippen molar-refractivity contribution in [2.75, 3.05) is 0 Å². The first-order chi connectivity index (χ1) is 12.4. The number of phenolic OH excluding ortho intramolecular Hbond substituents is 1. The normalized spacial score (nSPS) is 10.3. The Morgan fingerprint density at radius 1 is 0.593 bits per heavy atom. The number of aromatic nitrogens is 2. The number of hydrogen-bond donors (Lipinski definition) is 1. The largest absolute Gasteiger partial charge is 2.00 e. The number of nitrogens with zero attached hydrogens (tertiary/aromatic N) is 2. The monoisotopic (exact) mass is 500 g/mol. The minimum absolute atomic E-state index is 0. The van der Waals surface area contributed by atoms with E-state index in [2.05, 4.69) is 34.2 Å². The van der Waals surface area contributed by atoms with Crippen molar-refractivity contribution in [1.82, 2.24) is 9.97 Å². The standard InChI is InChI=1S/C12H8N2.C6HCl5O.Fe/c1-3-9-5-6-10-4-2-8-14-12(10)11(9)13-7-1;7-1-2(8)4(10)6(12)5(11)3(1)9;/h1-8H;12H;/q;;+2. The van der Waals surface area contributed by atoms with Gasteiger partial charge in [-0.2, -0.15) is 0 Å². The molecule has 2 heterocycles. The van der Waals surface area contributed by atoms with E-state index < -0.39 is 0 Å². The van der Waals surface area contributed by atoms with Gasteiger partial charge in [0, 0.05) is 23.2 Å². The molecular weight excluding hydrogens is 493 g/mol. The van der Waals surface area contributed by atoms with E-state index >= 15 is 0 Å². The molecule has 4 rings (SSSR count). The first kappa shape index (κ1) is 22.3. The summed E-state index contributed by atoms with van der Waals surface area (Å²) in [6, 6.07) is 12.1. The predicted octanol–water partition coefficient (Wildman–Crippen LogP) is 7.44. The number of fused-ring (bicyclic) bond motifs is 3. The zero-order chi connectivity index (χ0) is 18.8. The van der Waals surface area contributed by atoms with Gasteiger partial charge in [-0.3, -0.25) is 9.97 Å². The van der Waals surface area contributed by atoms with Crippen molar-refractivity contribution in [3.8, 4) is 5.75 Å². The van der Waals surface area contributed by atoms with Gasteiger partial charge in [-0.05, 0) is 12.1 Å². The Bertz CT molecular complexity index is 964. The third-order valence-corrected chi connectivity index (χ3v) is 5.79. The summed E-state index contributed by atoms with van der Waals surface area (Å²) >= 11 is 27.9. The number of aromatic hydroxyl groups is 1. The zero-order valence-corrected chi connectivity index (χ0v) is 18.1.